The maximum Gasteiger partial charge on any atom is 0.164 e. The maximum atomic E-state index is 12.8. The number of benzene rings is 1. The fraction of sp³-hybridized carbons (Fsp3) is 0.533. The zero-order chi connectivity index (χ0) is 13.7. The predicted octanol–water partition coefficient (Wildman–Crippen LogP) is 2.10. The molecule has 4 heteroatoms. The van der Waals surface area contributed by atoms with Crippen molar-refractivity contribution in [3.05, 3.63) is 35.6 Å². The number of ketones is 1. The fourth-order valence-electron chi connectivity index (χ4n) is 2.54. The van der Waals surface area contributed by atoms with Crippen molar-refractivity contribution in [2.75, 3.05) is 26.2 Å². The number of rotatable bonds is 5. The van der Waals surface area contributed by atoms with Crippen LogP contribution in [0.4, 0.5) is 4.39 Å². The van der Waals surface area contributed by atoms with Crippen LogP contribution in [0.25, 0.3) is 0 Å². The van der Waals surface area contributed by atoms with Crippen molar-refractivity contribution in [2.24, 2.45) is 5.92 Å². The van der Waals surface area contributed by atoms with Crippen LogP contribution in [0.15, 0.2) is 24.3 Å². The van der Waals surface area contributed by atoms with Gasteiger partial charge in [0.1, 0.15) is 5.82 Å². The average Bonchev–Trinajstić information content (AvgIpc) is 2.46. The van der Waals surface area contributed by atoms with Crippen molar-refractivity contribution >= 4 is 5.78 Å². The van der Waals surface area contributed by atoms with Gasteiger partial charge in [-0.2, -0.15) is 0 Å². The Morgan fingerprint density at radius 3 is 2.79 bits per heavy atom. The van der Waals surface area contributed by atoms with Crippen molar-refractivity contribution in [3.63, 3.8) is 0 Å². The molecule has 1 unspecified atom stereocenters. The third kappa shape index (κ3) is 4.11. The first kappa shape index (κ1) is 14.2. The molecule has 1 heterocycles. The van der Waals surface area contributed by atoms with E-state index in [-0.39, 0.29) is 18.2 Å². The summed E-state index contributed by atoms with van der Waals surface area (Å²) in [5.41, 5.74) is 0.567. The Balaban J connectivity index is 1.81. The van der Waals surface area contributed by atoms with Gasteiger partial charge in [-0.3, -0.25) is 4.79 Å². The lowest BCUT2D eigenvalue weighted by atomic mass is 9.98. The van der Waals surface area contributed by atoms with Gasteiger partial charge in [-0.05, 0) is 49.6 Å². The molecule has 3 nitrogen and oxygen atoms in total. The summed E-state index contributed by atoms with van der Waals surface area (Å²) in [6, 6.07) is 5.70. The first-order chi connectivity index (χ1) is 9.19. The summed E-state index contributed by atoms with van der Waals surface area (Å²) in [5, 5.41) is 9.16. The second-order valence-corrected chi connectivity index (χ2v) is 5.17. The minimum Gasteiger partial charge on any atom is -0.396 e. The molecule has 104 valence electrons. The predicted molar refractivity (Wildman–Crippen MR) is 71.6 cm³/mol. The minimum atomic E-state index is -0.321. The van der Waals surface area contributed by atoms with Crippen molar-refractivity contribution < 1.29 is 14.3 Å². The fourth-order valence-corrected chi connectivity index (χ4v) is 2.54. The number of Topliss-reactive ketones (excluding diaryl/α,β-unsaturated/α-hetero) is 1. The normalized spacial score (nSPS) is 20.4. The van der Waals surface area contributed by atoms with Crippen LogP contribution in [0.5, 0.6) is 0 Å². The molecular weight excluding hydrogens is 245 g/mol. The Morgan fingerprint density at radius 1 is 1.37 bits per heavy atom. The van der Waals surface area contributed by atoms with Crippen molar-refractivity contribution in [2.45, 2.75) is 19.3 Å². The van der Waals surface area contributed by atoms with Gasteiger partial charge in [0, 0.05) is 31.7 Å². The SMILES string of the molecule is O=C(CCN1CCCC(CO)C1)c1ccc(F)cc1. The molecule has 2 rings (SSSR count). The molecule has 1 aromatic rings. The molecule has 0 aliphatic carbocycles. The van der Waals surface area contributed by atoms with E-state index in [9.17, 15) is 9.18 Å². The van der Waals surface area contributed by atoms with Gasteiger partial charge in [0.25, 0.3) is 0 Å². The van der Waals surface area contributed by atoms with E-state index < -0.39 is 0 Å². The van der Waals surface area contributed by atoms with Gasteiger partial charge in [-0.1, -0.05) is 0 Å². The van der Waals surface area contributed by atoms with Crippen LogP contribution in [-0.4, -0.2) is 42.0 Å². The second-order valence-electron chi connectivity index (χ2n) is 5.17. The highest BCUT2D eigenvalue weighted by molar-refractivity contribution is 5.96. The number of hydrogen-bond donors (Lipinski definition) is 1. The van der Waals surface area contributed by atoms with Gasteiger partial charge in [0.2, 0.25) is 0 Å². The van der Waals surface area contributed by atoms with Gasteiger partial charge in [0.05, 0.1) is 0 Å². The van der Waals surface area contributed by atoms with E-state index in [0.717, 1.165) is 25.9 Å². The van der Waals surface area contributed by atoms with E-state index in [0.29, 0.717) is 24.4 Å². The third-order valence-electron chi connectivity index (χ3n) is 3.68. The third-order valence-corrected chi connectivity index (χ3v) is 3.68. The molecule has 0 aromatic heterocycles. The summed E-state index contributed by atoms with van der Waals surface area (Å²) in [6.45, 7) is 2.80. The molecule has 0 radical (unpaired) electrons. The molecule has 1 N–H and O–H groups in total. The number of aliphatic hydroxyl groups excluding tert-OH is 1. The lowest BCUT2D eigenvalue weighted by Gasteiger charge is -2.31. The van der Waals surface area contributed by atoms with E-state index in [1.807, 2.05) is 0 Å². The average molecular weight is 265 g/mol. The molecule has 0 bridgehead atoms. The Hall–Kier alpha value is -1.26. The first-order valence-electron chi connectivity index (χ1n) is 6.81. The lowest BCUT2D eigenvalue weighted by molar-refractivity contribution is 0.0917. The number of hydrogen-bond acceptors (Lipinski definition) is 3. The van der Waals surface area contributed by atoms with Crippen LogP contribution in [-0.2, 0) is 0 Å². The number of carbonyl (C=O) groups excluding carboxylic acids is 1. The van der Waals surface area contributed by atoms with Crippen LogP contribution in [0, 0.1) is 11.7 Å². The zero-order valence-electron chi connectivity index (χ0n) is 11.0. The lowest BCUT2D eigenvalue weighted by Crippen LogP contribution is -2.37. The number of nitrogens with zero attached hydrogens (tertiary/aromatic N) is 1. The van der Waals surface area contributed by atoms with E-state index >= 15 is 0 Å². The second kappa shape index (κ2) is 6.78. The summed E-state index contributed by atoms with van der Waals surface area (Å²) in [5.74, 6) is 0.0687. The molecule has 1 fully saturated rings. The van der Waals surface area contributed by atoms with E-state index in [1.165, 1.54) is 24.3 Å². The summed E-state index contributed by atoms with van der Waals surface area (Å²) in [6.07, 6.45) is 2.60. The molecule has 0 spiro atoms. The molecular formula is C15H20FNO2. The zero-order valence-corrected chi connectivity index (χ0v) is 11.0. The van der Waals surface area contributed by atoms with E-state index in [4.69, 9.17) is 5.11 Å². The van der Waals surface area contributed by atoms with Crippen LogP contribution in [0.2, 0.25) is 0 Å². The highest BCUT2D eigenvalue weighted by Gasteiger charge is 2.19. The summed E-state index contributed by atoms with van der Waals surface area (Å²) >= 11 is 0. The summed E-state index contributed by atoms with van der Waals surface area (Å²) < 4.78 is 12.8. The first-order valence-corrected chi connectivity index (χ1v) is 6.81. The molecule has 1 saturated heterocycles. The highest BCUT2D eigenvalue weighted by Crippen LogP contribution is 2.16. The van der Waals surface area contributed by atoms with Crippen molar-refractivity contribution in [1.82, 2.24) is 4.90 Å². The Bertz CT molecular complexity index is 419. The molecule has 0 amide bonds. The van der Waals surface area contributed by atoms with Gasteiger partial charge in [-0.15, -0.1) is 0 Å². The van der Waals surface area contributed by atoms with E-state index in [1.54, 1.807) is 0 Å². The Labute approximate surface area is 113 Å². The summed E-state index contributed by atoms with van der Waals surface area (Å²) in [4.78, 5) is 14.2. The Kier molecular flexibility index (Phi) is 5.05. The largest absolute Gasteiger partial charge is 0.396 e. The number of piperidine rings is 1. The van der Waals surface area contributed by atoms with Crippen molar-refractivity contribution in [1.29, 1.82) is 0 Å². The minimum absolute atomic E-state index is 0.0473. The highest BCUT2D eigenvalue weighted by atomic mass is 19.1. The maximum absolute atomic E-state index is 12.8. The van der Waals surface area contributed by atoms with Crippen molar-refractivity contribution in [3.8, 4) is 0 Å². The summed E-state index contributed by atoms with van der Waals surface area (Å²) in [7, 11) is 0. The molecule has 0 saturated carbocycles. The number of halogens is 1. The van der Waals surface area contributed by atoms with Gasteiger partial charge in [0.15, 0.2) is 5.78 Å². The van der Waals surface area contributed by atoms with Crippen LogP contribution in [0.3, 0.4) is 0 Å². The van der Waals surface area contributed by atoms with Crippen LogP contribution < -0.4 is 0 Å². The van der Waals surface area contributed by atoms with E-state index in [2.05, 4.69) is 4.90 Å². The molecule has 1 aromatic carbocycles. The number of aliphatic hydroxyl groups is 1. The number of likely N-dealkylation sites (tertiary alicyclic amines) is 1. The Morgan fingerprint density at radius 2 is 2.11 bits per heavy atom. The van der Waals surface area contributed by atoms with Gasteiger partial charge in [-0.25, -0.2) is 4.39 Å². The monoisotopic (exact) mass is 265 g/mol. The van der Waals surface area contributed by atoms with Gasteiger partial charge < -0.3 is 10.0 Å². The topological polar surface area (TPSA) is 40.5 Å². The molecule has 1 aliphatic heterocycles. The molecule has 1 atom stereocenters. The molecule has 1 aliphatic rings. The smallest absolute Gasteiger partial charge is 0.164 e. The quantitative estimate of drug-likeness (QED) is 0.829. The molecule has 19 heavy (non-hydrogen) atoms. The van der Waals surface area contributed by atoms with Gasteiger partial charge >= 0.3 is 0 Å². The van der Waals surface area contributed by atoms with Crippen LogP contribution >= 0.6 is 0 Å². The standard InChI is InChI=1S/C15H20FNO2/c16-14-5-3-13(4-6-14)15(19)7-9-17-8-1-2-12(10-17)11-18/h3-6,12,18H,1-2,7-11H2. The van der Waals surface area contributed by atoms with Crippen LogP contribution in [0.1, 0.15) is 29.6 Å². The number of carbonyl (C=O) groups is 1.